The molecule has 3 nitrogen and oxygen atoms in total. The van der Waals surface area contributed by atoms with E-state index in [9.17, 15) is 4.39 Å². The summed E-state index contributed by atoms with van der Waals surface area (Å²) in [5.41, 5.74) is 0.366. The van der Waals surface area contributed by atoms with E-state index in [1.165, 1.54) is 6.07 Å². The highest BCUT2D eigenvalue weighted by molar-refractivity contribution is 5.62. The molecule has 0 saturated carbocycles. The SMILES string of the molecule is CN1c2c(F)cccc2OCC1C#N. The van der Waals surface area contributed by atoms with Gasteiger partial charge in [0.25, 0.3) is 0 Å². The van der Waals surface area contributed by atoms with Crippen LogP contribution in [0.2, 0.25) is 0 Å². The van der Waals surface area contributed by atoms with E-state index in [1.54, 1.807) is 24.1 Å². The quantitative estimate of drug-likeness (QED) is 0.625. The average Bonchev–Trinajstić information content (AvgIpc) is 2.18. The van der Waals surface area contributed by atoms with Crippen molar-refractivity contribution >= 4 is 5.69 Å². The molecule has 1 atom stereocenters. The van der Waals surface area contributed by atoms with Crippen LogP contribution in [0.3, 0.4) is 0 Å². The van der Waals surface area contributed by atoms with E-state index < -0.39 is 6.04 Å². The van der Waals surface area contributed by atoms with Crippen LogP contribution in [0.4, 0.5) is 10.1 Å². The minimum absolute atomic E-state index is 0.281. The van der Waals surface area contributed by atoms with Gasteiger partial charge in [0.15, 0.2) is 6.04 Å². The van der Waals surface area contributed by atoms with Gasteiger partial charge in [0.05, 0.1) is 6.07 Å². The van der Waals surface area contributed by atoms with E-state index in [1.807, 2.05) is 0 Å². The zero-order valence-electron chi connectivity index (χ0n) is 7.70. The number of fused-ring (bicyclic) bond motifs is 1. The lowest BCUT2D eigenvalue weighted by Gasteiger charge is -2.31. The summed E-state index contributed by atoms with van der Waals surface area (Å²) in [6, 6.07) is 6.29. The molecule has 72 valence electrons. The van der Waals surface area contributed by atoms with Crippen molar-refractivity contribution in [3.05, 3.63) is 24.0 Å². The minimum Gasteiger partial charge on any atom is -0.488 e. The topological polar surface area (TPSA) is 36.3 Å². The summed E-state index contributed by atoms with van der Waals surface area (Å²) in [6.07, 6.45) is 0. The first kappa shape index (κ1) is 8.82. The molecule has 1 aliphatic rings. The van der Waals surface area contributed by atoms with E-state index in [0.29, 0.717) is 11.4 Å². The number of hydrogen-bond donors (Lipinski definition) is 0. The number of benzene rings is 1. The molecule has 0 N–H and O–H groups in total. The van der Waals surface area contributed by atoms with Gasteiger partial charge in [0.2, 0.25) is 0 Å². The number of nitriles is 1. The third kappa shape index (κ3) is 1.18. The van der Waals surface area contributed by atoms with Crippen LogP contribution in [0.15, 0.2) is 18.2 Å². The molecular weight excluding hydrogens is 183 g/mol. The molecule has 1 aliphatic heterocycles. The monoisotopic (exact) mass is 192 g/mol. The molecule has 0 aliphatic carbocycles. The lowest BCUT2D eigenvalue weighted by molar-refractivity contribution is 0.286. The fourth-order valence-electron chi connectivity index (χ4n) is 1.51. The molecular formula is C10H9FN2O. The maximum absolute atomic E-state index is 13.4. The van der Waals surface area contributed by atoms with Crippen LogP contribution in [0.5, 0.6) is 5.75 Å². The summed E-state index contributed by atoms with van der Waals surface area (Å²) in [5, 5.41) is 8.78. The summed E-state index contributed by atoms with van der Waals surface area (Å²) in [4.78, 5) is 1.61. The number of likely N-dealkylation sites (N-methyl/N-ethyl adjacent to an activating group) is 1. The third-order valence-corrected chi connectivity index (χ3v) is 2.32. The fourth-order valence-corrected chi connectivity index (χ4v) is 1.51. The van der Waals surface area contributed by atoms with Crippen LogP contribution in [0.25, 0.3) is 0 Å². The van der Waals surface area contributed by atoms with Gasteiger partial charge >= 0.3 is 0 Å². The van der Waals surface area contributed by atoms with E-state index in [0.717, 1.165) is 0 Å². The summed E-state index contributed by atoms with van der Waals surface area (Å²) >= 11 is 0. The molecule has 0 radical (unpaired) electrons. The standard InChI is InChI=1S/C10H9FN2O/c1-13-7(5-12)6-14-9-4-2-3-8(11)10(9)13/h2-4,7H,6H2,1H3. The Morgan fingerprint density at radius 3 is 3.14 bits per heavy atom. The van der Waals surface area contributed by atoms with Crippen LogP contribution >= 0.6 is 0 Å². The van der Waals surface area contributed by atoms with Gasteiger partial charge in [0.1, 0.15) is 23.9 Å². The summed E-state index contributed by atoms with van der Waals surface area (Å²) in [5.74, 6) is 0.143. The van der Waals surface area contributed by atoms with Crippen molar-refractivity contribution < 1.29 is 9.13 Å². The molecule has 1 aromatic carbocycles. The highest BCUT2D eigenvalue weighted by Gasteiger charge is 2.26. The Balaban J connectivity index is 2.49. The molecule has 1 heterocycles. The van der Waals surface area contributed by atoms with Gasteiger partial charge in [-0.15, -0.1) is 0 Å². The van der Waals surface area contributed by atoms with Gasteiger partial charge < -0.3 is 9.64 Å². The first-order chi connectivity index (χ1) is 6.74. The van der Waals surface area contributed by atoms with Crippen molar-refractivity contribution in [1.29, 1.82) is 5.26 Å². The van der Waals surface area contributed by atoms with Crippen LogP contribution in [0.1, 0.15) is 0 Å². The molecule has 0 fully saturated rings. The number of halogens is 1. The molecule has 4 heteroatoms. The van der Waals surface area contributed by atoms with Crippen molar-refractivity contribution in [3.63, 3.8) is 0 Å². The zero-order valence-corrected chi connectivity index (χ0v) is 7.70. The van der Waals surface area contributed by atoms with E-state index in [2.05, 4.69) is 6.07 Å². The maximum Gasteiger partial charge on any atom is 0.151 e. The molecule has 1 unspecified atom stereocenters. The number of anilines is 1. The maximum atomic E-state index is 13.4. The van der Waals surface area contributed by atoms with Gasteiger partial charge in [-0.2, -0.15) is 5.26 Å². The normalized spacial score (nSPS) is 19.5. The Morgan fingerprint density at radius 2 is 2.43 bits per heavy atom. The van der Waals surface area contributed by atoms with Crippen molar-refractivity contribution in [2.45, 2.75) is 6.04 Å². The van der Waals surface area contributed by atoms with Gasteiger partial charge in [-0.1, -0.05) is 6.07 Å². The molecule has 0 amide bonds. The molecule has 0 saturated heterocycles. The van der Waals surface area contributed by atoms with Crippen molar-refractivity contribution in [2.75, 3.05) is 18.6 Å². The minimum atomic E-state index is -0.417. The van der Waals surface area contributed by atoms with E-state index in [-0.39, 0.29) is 12.4 Å². The fraction of sp³-hybridized carbons (Fsp3) is 0.300. The molecule has 14 heavy (non-hydrogen) atoms. The lowest BCUT2D eigenvalue weighted by atomic mass is 10.2. The predicted octanol–water partition coefficient (Wildman–Crippen LogP) is 1.55. The number of nitrogens with zero attached hydrogens (tertiary/aromatic N) is 2. The highest BCUT2D eigenvalue weighted by Crippen LogP contribution is 2.34. The number of rotatable bonds is 0. The Labute approximate surface area is 81.3 Å². The second-order valence-corrected chi connectivity index (χ2v) is 3.15. The predicted molar refractivity (Wildman–Crippen MR) is 49.7 cm³/mol. The lowest BCUT2D eigenvalue weighted by Crippen LogP contribution is -2.39. The van der Waals surface area contributed by atoms with E-state index in [4.69, 9.17) is 10.00 Å². The van der Waals surface area contributed by atoms with E-state index >= 15 is 0 Å². The number of para-hydroxylation sites is 1. The van der Waals surface area contributed by atoms with Crippen LogP contribution in [-0.2, 0) is 0 Å². The molecule has 1 aromatic rings. The second kappa shape index (κ2) is 3.18. The number of hydrogen-bond acceptors (Lipinski definition) is 3. The molecule has 0 aromatic heterocycles. The van der Waals surface area contributed by atoms with Gasteiger partial charge in [-0.3, -0.25) is 0 Å². The smallest absolute Gasteiger partial charge is 0.151 e. The van der Waals surface area contributed by atoms with Gasteiger partial charge in [-0.25, -0.2) is 4.39 Å². The zero-order chi connectivity index (χ0) is 10.1. The first-order valence-electron chi connectivity index (χ1n) is 4.28. The summed E-state index contributed by atoms with van der Waals surface area (Å²) in [7, 11) is 1.69. The first-order valence-corrected chi connectivity index (χ1v) is 4.28. The van der Waals surface area contributed by atoms with Crippen molar-refractivity contribution in [1.82, 2.24) is 0 Å². The summed E-state index contributed by atoms with van der Waals surface area (Å²) < 4.78 is 18.7. The largest absolute Gasteiger partial charge is 0.488 e. The number of ether oxygens (including phenoxy) is 1. The van der Waals surface area contributed by atoms with Crippen LogP contribution < -0.4 is 9.64 Å². The molecule has 2 rings (SSSR count). The third-order valence-electron chi connectivity index (χ3n) is 2.32. The summed E-state index contributed by atoms with van der Waals surface area (Å²) in [6.45, 7) is 0.281. The molecule has 0 bridgehead atoms. The molecule has 0 spiro atoms. The second-order valence-electron chi connectivity index (χ2n) is 3.15. The van der Waals surface area contributed by atoms with Gasteiger partial charge in [-0.05, 0) is 12.1 Å². The van der Waals surface area contributed by atoms with Gasteiger partial charge in [0, 0.05) is 7.05 Å². The Bertz CT molecular complexity index is 400. The average molecular weight is 192 g/mol. The van der Waals surface area contributed by atoms with Crippen molar-refractivity contribution in [2.24, 2.45) is 0 Å². The Hall–Kier alpha value is -1.76. The Morgan fingerprint density at radius 1 is 1.64 bits per heavy atom. The van der Waals surface area contributed by atoms with Crippen LogP contribution in [-0.4, -0.2) is 19.7 Å². The highest BCUT2D eigenvalue weighted by atomic mass is 19.1. The van der Waals surface area contributed by atoms with Crippen LogP contribution in [0, 0.1) is 17.1 Å². The van der Waals surface area contributed by atoms with Crippen molar-refractivity contribution in [3.8, 4) is 11.8 Å². The Kier molecular flexibility index (Phi) is 2.01.